The largest absolute Gasteiger partial charge is 0.325 e. The average Bonchev–Trinajstić information content (AvgIpc) is 2.06. The Labute approximate surface area is 94.3 Å². The second-order valence-corrected chi connectivity index (χ2v) is 3.98. The van der Waals surface area contributed by atoms with Gasteiger partial charge in [-0.05, 0) is 28.1 Å². The quantitative estimate of drug-likeness (QED) is 0.782. The van der Waals surface area contributed by atoms with Crippen LogP contribution in [0.5, 0.6) is 0 Å². The first kappa shape index (κ1) is 10.8. The fourth-order valence-corrected chi connectivity index (χ4v) is 1.58. The first-order valence-corrected chi connectivity index (χ1v) is 4.98. The fourth-order valence-electron chi connectivity index (χ4n) is 0.812. The van der Waals surface area contributed by atoms with Crippen molar-refractivity contribution in [2.24, 2.45) is 0 Å². The van der Waals surface area contributed by atoms with Gasteiger partial charge in [0.05, 0.1) is 20.2 Å². The van der Waals surface area contributed by atoms with E-state index in [0.717, 1.165) is 0 Å². The summed E-state index contributed by atoms with van der Waals surface area (Å²) in [5.41, 5.74) is 0.547. The van der Waals surface area contributed by atoms with Crippen molar-refractivity contribution in [3.05, 3.63) is 26.7 Å². The van der Waals surface area contributed by atoms with E-state index in [1.165, 1.54) is 6.92 Å². The van der Waals surface area contributed by atoms with E-state index in [-0.39, 0.29) is 5.91 Å². The number of amides is 1. The molecule has 0 fully saturated rings. The number of hydrogen-bond donors (Lipinski definition) is 1. The van der Waals surface area contributed by atoms with Crippen LogP contribution in [0.1, 0.15) is 6.92 Å². The Morgan fingerprint density at radius 1 is 1.46 bits per heavy atom. The van der Waals surface area contributed by atoms with Crippen LogP contribution in [-0.2, 0) is 4.79 Å². The second kappa shape index (κ2) is 4.31. The Morgan fingerprint density at radius 2 is 2.08 bits per heavy atom. The molecule has 0 saturated heterocycles. The van der Waals surface area contributed by atoms with Crippen molar-refractivity contribution in [2.75, 3.05) is 5.32 Å². The molecule has 0 aliphatic heterocycles. The summed E-state index contributed by atoms with van der Waals surface area (Å²) in [5, 5.41) is 3.50. The molecule has 0 aromatic heterocycles. The van der Waals surface area contributed by atoms with E-state index >= 15 is 0 Å². The molecule has 13 heavy (non-hydrogen) atoms. The molecule has 1 rings (SSSR count). The van der Waals surface area contributed by atoms with Crippen LogP contribution < -0.4 is 5.32 Å². The summed E-state index contributed by atoms with van der Waals surface area (Å²) in [6, 6.07) is 3.31. The summed E-state index contributed by atoms with van der Waals surface area (Å²) in [4.78, 5) is 10.7. The van der Waals surface area contributed by atoms with Crippen molar-refractivity contribution in [1.82, 2.24) is 0 Å². The van der Waals surface area contributed by atoms with Crippen LogP contribution in [0, 0.1) is 0 Å². The summed E-state index contributed by atoms with van der Waals surface area (Å²) >= 11 is 14.9. The van der Waals surface area contributed by atoms with E-state index in [2.05, 4.69) is 21.2 Å². The zero-order valence-corrected chi connectivity index (χ0v) is 9.79. The Hall–Kier alpha value is -0.250. The van der Waals surface area contributed by atoms with Crippen LogP contribution in [0.3, 0.4) is 0 Å². The summed E-state index contributed by atoms with van der Waals surface area (Å²) in [6.45, 7) is 1.42. The van der Waals surface area contributed by atoms with Gasteiger partial charge in [0.25, 0.3) is 0 Å². The van der Waals surface area contributed by atoms with E-state index in [0.29, 0.717) is 20.2 Å². The van der Waals surface area contributed by atoms with E-state index in [1.807, 2.05) is 0 Å². The van der Waals surface area contributed by atoms with Crippen LogP contribution in [0.2, 0.25) is 10.0 Å². The molecule has 70 valence electrons. The molecule has 0 aliphatic carbocycles. The zero-order valence-electron chi connectivity index (χ0n) is 6.70. The first-order valence-electron chi connectivity index (χ1n) is 3.43. The summed E-state index contributed by atoms with van der Waals surface area (Å²) in [5.74, 6) is -0.170. The van der Waals surface area contributed by atoms with Gasteiger partial charge in [-0.1, -0.05) is 23.2 Å². The Kier molecular flexibility index (Phi) is 3.59. The molecule has 0 bridgehead atoms. The van der Waals surface area contributed by atoms with E-state index in [4.69, 9.17) is 23.2 Å². The molecular formula is C8H6BrCl2NO. The predicted octanol–water partition coefficient (Wildman–Crippen LogP) is 3.71. The lowest BCUT2D eigenvalue weighted by atomic mass is 10.3. The van der Waals surface area contributed by atoms with Crippen LogP contribution in [0.25, 0.3) is 0 Å². The maximum absolute atomic E-state index is 10.7. The number of carbonyl (C=O) groups is 1. The average molecular weight is 283 g/mol. The second-order valence-electron chi connectivity index (χ2n) is 2.40. The lowest BCUT2D eigenvalue weighted by Gasteiger charge is -2.06. The molecule has 1 amide bonds. The Morgan fingerprint density at radius 3 is 2.62 bits per heavy atom. The van der Waals surface area contributed by atoms with Gasteiger partial charge in [0, 0.05) is 6.92 Å². The van der Waals surface area contributed by atoms with Crippen molar-refractivity contribution in [2.45, 2.75) is 6.92 Å². The zero-order chi connectivity index (χ0) is 10.0. The minimum absolute atomic E-state index is 0.170. The number of carbonyl (C=O) groups excluding carboxylic acids is 1. The number of anilines is 1. The van der Waals surface area contributed by atoms with E-state index in [9.17, 15) is 4.79 Å². The number of rotatable bonds is 1. The highest BCUT2D eigenvalue weighted by Gasteiger charge is 2.08. The molecule has 1 aromatic rings. The molecule has 5 heteroatoms. The number of nitrogens with one attached hydrogen (secondary N) is 1. The van der Waals surface area contributed by atoms with Crippen molar-refractivity contribution < 1.29 is 4.79 Å². The molecule has 0 atom stereocenters. The van der Waals surface area contributed by atoms with Gasteiger partial charge in [-0.2, -0.15) is 0 Å². The summed E-state index contributed by atoms with van der Waals surface area (Å²) < 4.78 is 0.585. The molecule has 0 saturated carbocycles. The number of benzene rings is 1. The van der Waals surface area contributed by atoms with Gasteiger partial charge in [0.1, 0.15) is 0 Å². The standard InChI is InChI=1S/C8H6BrCl2NO/c1-4(13)12-6-3-2-5(10)7(9)8(6)11/h2-3H,1H3,(H,12,13). The third-order valence-electron chi connectivity index (χ3n) is 1.35. The van der Waals surface area contributed by atoms with E-state index in [1.54, 1.807) is 12.1 Å². The molecular weight excluding hydrogens is 277 g/mol. The number of halogens is 3. The van der Waals surface area contributed by atoms with Crippen molar-refractivity contribution in [1.29, 1.82) is 0 Å². The number of hydrogen-bond acceptors (Lipinski definition) is 1. The monoisotopic (exact) mass is 281 g/mol. The fraction of sp³-hybridized carbons (Fsp3) is 0.125. The summed E-state index contributed by atoms with van der Waals surface area (Å²) in [6.07, 6.45) is 0. The molecule has 1 N–H and O–H groups in total. The smallest absolute Gasteiger partial charge is 0.221 e. The van der Waals surface area contributed by atoms with Crippen LogP contribution >= 0.6 is 39.1 Å². The molecule has 1 aromatic carbocycles. The van der Waals surface area contributed by atoms with Gasteiger partial charge in [0.2, 0.25) is 5.91 Å². The van der Waals surface area contributed by atoms with Gasteiger partial charge < -0.3 is 5.32 Å². The maximum atomic E-state index is 10.7. The lowest BCUT2D eigenvalue weighted by molar-refractivity contribution is -0.114. The molecule has 0 spiro atoms. The minimum atomic E-state index is -0.170. The van der Waals surface area contributed by atoms with Gasteiger partial charge in [-0.3, -0.25) is 4.79 Å². The highest BCUT2D eigenvalue weighted by Crippen LogP contribution is 2.35. The third kappa shape index (κ3) is 2.59. The lowest BCUT2D eigenvalue weighted by Crippen LogP contribution is -2.06. The van der Waals surface area contributed by atoms with E-state index < -0.39 is 0 Å². The molecule has 0 radical (unpaired) electrons. The van der Waals surface area contributed by atoms with Gasteiger partial charge in [-0.15, -0.1) is 0 Å². The Balaban J connectivity index is 3.10. The molecule has 0 unspecified atom stereocenters. The Bertz CT molecular complexity index is 354. The SMILES string of the molecule is CC(=O)Nc1ccc(Cl)c(Br)c1Cl. The highest BCUT2D eigenvalue weighted by atomic mass is 79.9. The van der Waals surface area contributed by atoms with Crippen molar-refractivity contribution in [3.63, 3.8) is 0 Å². The van der Waals surface area contributed by atoms with Gasteiger partial charge >= 0.3 is 0 Å². The highest BCUT2D eigenvalue weighted by molar-refractivity contribution is 9.10. The normalized spacial score (nSPS) is 9.85. The topological polar surface area (TPSA) is 29.1 Å². The third-order valence-corrected chi connectivity index (χ3v) is 3.33. The molecule has 2 nitrogen and oxygen atoms in total. The molecule has 0 heterocycles. The van der Waals surface area contributed by atoms with Crippen molar-refractivity contribution in [3.8, 4) is 0 Å². The van der Waals surface area contributed by atoms with Crippen LogP contribution in [0.4, 0.5) is 5.69 Å². The maximum Gasteiger partial charge on any atom is 0.221 e. The van der Waals surface area contributed by atoms with Gasteiger partial charge in [-0.25, -0.2) is 0 Å². The molecule has 0 aliphatic rings. The van der Waals surface area contributed by atoms with Gasteiger partial charge in [0.15, 0.2) is 0 Å². The summed E-state index contributed by atoms with van der Waals surface area (Å²) in [7, 11) is 0. The van der Waals surface area contributed by atoms with Crippen molar-refractivity contribution >= 4 is 50.7 Å². The predicted molar refractivity (Wildman–Crippen MR) is 58.5 cm³/mol. The van der Waals surface area contributed by atoms with Crippen LogP contribution in [0.15, 0.2) is 16.6 Å². The minimum Gasteiger partial charge on any atom is -0.325 e. The van der Waals surface area contributed by atoms with Crippen LogP contribution in [-0.4, -0.2) is 5.91 Å². The first-order chi connectivity index (χ1) is 6.02.